The van der Waals surface area contributed by atoms with Gasteiger partial charge in [0, 0.05) is 44.8 Å². The van der Waals surface area contributed by atoms with E-state index in [2.05, 4.69) is 26.8 Å². The Labute approximate surface area is 169 Å². The van der Waals surface area contributed by atoms with E-state index in [1.807, 2.05) is 6.92 Å². The molecular formula is C20H34N4O3S. The predicted octanol–water partition coefficient (Wildman–Crippen LogP) is 1.44. The molecule has 2 rings (SSSR count). The van der Waals surface area contributed by atoms with Crippen molar-refractivity contribution in [2.45, 2.75) is 38.5 Å². The minimum atomic E-state index is -3.57. The lowest BCUT2D eigenvalue weighted by molar-refractivity contribution is 0.0950. The molecule has 0 radical (unpaired) electrons. The van der Waals surface area contributed by atoms with E-state index < -0.39 is 10.0 Å². The zero-order chi connectivity index (χ0) is 20.6. The van der Waals surface area contributed by atoms with E-state index in [4.69, 9.17) is 0 Å². The molecule has 8 heteroatoms. The van der Waals surface area contributed by atoms with E-state index in [0.29, 0.717) is 18.7 Å². The van der Waals surface area contributed by atoms with Crippen LogP contribution in [0, 0.1) is 6.92 Å². The van der Waals surface area contributed by atoms with Crippen LogP contribution in [0.25, 0.3) is 0 Å². The Morgan fingerprint density at radius 2 is 1.75 bits per heavy atom. The standard InChI is InChI=1S/C20H34N4O3S/c1-4-22-28(26,27)18-9-8-17(3)19(16-18)20(25)21-10-6-7-11-24-14-12-23(5-2)13-15-24/h8-9,16,22H,4-7,10-15H2,1-3H3,(H,21,25). The van der Waals surface area contributed by atoms with Gasteiger partial charge in [-0.1, -0.05) is 19.9 Å². The molecule has 1 aromatic carbocycles. The number of aryl methyl sites for hydroxylation is 1. The first kappa shape index (κ1) is 22.8. The third-order valence-electron chi connectivity index (χ3n) is 5.20. The minimum Gasteiger partial charge on any atom is -0.352 e. The SMILES string of the molecule is CCNS(=O)(=O)c1ccc(C)c(C(=O)NCCCCN2CCN(CC)CC2)c1. The Hall–Kier alpha value is -1.48. The number of likely N-dealkylation sites (N-methyl/N-ethyl adjacent to an activating group) is 1. The molecule has 1 aliphatic heterocycles. The van der Waals surface area contributed by atoms with Crippen LogP contribution >= 0.6 is 0 Å². The number of piperazine rings is 1. The molecule has 28 heavy (non-hydrogen) atoms. The van der Waals surface area contributed by atoms with Gasteiger partial charge in [0.05, 0.1) is 4.90 Å². The maximum absolute atomic E-state index is 12.5. The van der Waals surface area contributed by atoms with Crippen LogP contribution in [-0.2, 0) is 10.0 Å². The van der Waals surface area contributed by atoms with Crippen LogP contribution in [0.2, 0.25) is 0 Å². The summed E-state index contributed by atoms with van der Waals surface area (Å²) in [4.78, 5) is 17.6. The van der Waals surface area contributed by atoms with Crippen molar-refractivity contribution in [2.75, 3.05) is 52.4 Å². The molecule has 0 aliphatic carbocycles. The fraction of sp³-hybridized carbons (Fsp3) is 0.650. The second-order valence-corrected chi connectivity index (χ2v) is 8.98. The molecule has 1 fully saturated rings. The van der Waals surface area contributed by atoms with Crippen LogP contribution in [0.5, 0.6) is 0 Å². The van der Waals surface area contributed by atoms with Gasteiger partial charge in [0.2, 0.25) is 10.0 Å². The molecular weight excluding hydrogens is 376 g/mol. The smallest absolute Gasteiger partial charge is 0.251 e. The fourth-order valence-corrected chi connectivity index (χ4v) is 4.44. The summed E-state index contributed by atoms with van der Waals surface area (Å²) in [5.74, 6) is -0.220. The molecule has 1 amide bonds. The van der Waals surface area contributed by atoms with Crippen molar-refractivity contribution < 1.29 is 13.2 Å². The molecule has 0 saturated carbocycles. The van der Waals surface area contributed by atoms with Gasteiger partial charge >= 0.3 is 0 Å². The second kappa shape index (κ2) is 10.9. The summed E-state index contributed by atoms with van der Waals surface area (Å²) in [5.41, 5.74) is 1.18. The highest BCUT2D eigenvalue weighted by molar-refractivity contribution is 7.89. The molecule has 0 spiro atoms. The van der Waals surface area contributed by atoms with Crippen LogP contribution in [0.3, 0.4) is 0 Å². The molecule has 0 bridgehead atoms. The monoisotopic (exact) mass is 410 g/mol. The number of nitrogens with zero attached hydrogens (tertiary/aromatic N) is 2. The molecule has 0 atom stereocenters. The summed E-state index contributed by atoms with van der Waals surface area (Å²) >= 11 is 0. The van der Waals surface area contributed by atoms with Crippen molar-refractivity contribution in [1.82, 2.24) is 19.8 Å². The molecule has 7 nitrogen and oxygen atoms in total. The number of benzene rings is 1. The lowest BCUT2D eigenvalue weighted by Crippen LogP contribution is -2.46. The van der Waals surface area contributed by atoms with Crippen LogP contribution in [-0.4, -0.2) is 76.5 Å². The van der Waals surface area contributed by atoms with Crippen LogP contribution in [0.1, 0.15) is 42.6 Å². The van der Waals surface area contributed by atoms with E-state index >= 15 is 0 Å². The number of sulfonamides is 1. The second-order valence-electron chi connectivity index (χ2n) is 7.22. The molecule has 0 unspecified atom stereocenters. The maximum atomic E-state index is 12.5. The summed E-state index contributed by atoms with van der Waals surface area (Å²) in [6, 6.07) is 4.66. The van der Waals surface area contributed by atoms with E-state index in [1.165, 1.54) is 12.1 Å². The van der Waals surface area contributed by atoms with Gasteiger partial charge in [-0.05, 0) is 50.6 Å². The first-order valence-electron chi connectivity index (χ1n) is 10.2. The van der Waals surface area contributed by atoms with Crippen molar-refractivity contribution in [2.24, 2.45) is 0 Å². The average Bonchev–Trinajstić information content (AvgIpc) is 2.68. The van der Waals surface area contributed by atoms with Gasteiger partial charge in [-0.15, -0.1) is 0 Å². The van der Waals surface area contributed by atoms with Crippen LogP contribution < -0.4 is 10.0 Å². The lowest BCUT2D eigenvalue weighted by atomic mass is 10.1. The van der Waals surface area contributed by atoms with E-state index in [9.17, 15) is 13.2 Å². The number of hydrogen-bond acceptors (Lipinski definition) is 5. The zero-order valence-corrected chi connectivity index (χ0v) is 18.1. The third kappa shape index (κ3) is 6.55. The molecule has 1 heterocycles. The quantitative estimate of drug-likeness (QED) is 0.571. The largest absolute Gasteiger partial charge is 0.352 e. The number of rotatable bonds is 10. The highest BCUT2D eigenvalue weighted by Gasteiger charge is 2.17. The van der Waals surface area contributed by atoms with Crippen LogP contribution in [0.4, 0.5) is 0 Å². The molecule has 1 saturated heterocycles. The van der Waals surface area contributed by atoms with Crippen molar-refractivity contribution in [3.8, 4) is 0 Å². The normalized spacial score (nSPS) is 16.2. The van der Waals surface area contributed by atoms with Gasteiger partial charge in [0.25, 0.3) is 5.91 Å². The van der Waals surface area contributed by atoms with Crippen molar-refractivity contribution in [3.05, 3.63) is 29.3 Å². The van der Waals surface area contributed by atoms with Gasteiger partial charge in [0.1, 0.15) is 0 Å². The van der Waals surface area contributed by atoms with Crippen molar-refractivity contribution >= 4 is 15.9 Å². The first-order valence-corrected chi connectivity index (χ1v) is 11.7. The van der Waals surface area contributed by atoms with Crippen molar-refractivity contribution in [1.29, 1.82) is 0 Å². The van der Waals surface area contributed by atoms with E-state index in [0.717, 1.165) is 57.7 Å². The molecule has 1 aliphatic rings. The maximum Gasteiger partial charge on any atom is 0.251 e. The number of amides is 1. The van der Waals surface area contributed by atoms with E-state index in [1.54, 1.807) is 13.0 Å². The summed E-state index contributed by atoms with van der Waals surface area (Å²) in [5, 5.41) is 2.92. The van der Waals surface area contributed by atoms with Gasteiger partial charge in [-0.2, -0.15) is 0 Å². The molecule has 1 aromatic rings. The summed E-state index contributed by atoms with van der Waals surface area (Å²) in [6.45, 7) is 13.3. The summed E-state index contributed by atoms with van der Waals surface area (Å²) in [6.07, 6.45) is 1.95. The summed E-state index contributed by atoms with van der Waals surface area (Å²) in [7, 11) is -3.57. The fourth-order valence-electron chi connectivity index (χ4n) is 3.37. The number of hydrogen-bond donors (Lipinski definition) is 2. The van der Waals surface area contributed by atoms with Crippen LogP contribution in [0.15, 0.2) is 23.1 Å². The van der Waals surface area contributed by atoms with Gasteiger partial charge in [-0.25, -0.2) is 13.1 Å². The Morgan fingerprint density at radius 3 is 2.39 bits per heavy atom. The number of nitrogens with one attached hydrogen (secondary N) is 2. The van der Waals surface area contributed by atoms with Gasteiger partial charge < -0.3 is 15.1 Å². The zero-order valence-electron chi connectivity index (χ0n) is 17.3. The lowest BCUT2D eigenvalue weighted by Gasteiger charge is -2.33. The van der Waals surface area contributed by atoms with Crippen molar-refractivity contribution in [3.63, 3.8) is 0 Å². The topological polar surface area (TPSA) is 81.7 Å². The molecule has 2 N–H and O–H groups in total. The van der Waals surface area contributed by atoms with E-state index in [-0.39, 0.29) is 10.8 Å². The third-order valence-corrected chi connectivity index (χ3v) is 6.74. The number of carbonyl (C=O) groups excluding carboxylic acids is 1. The Bertz CT molecular complexity index is 744. The first-order chi connectivity index (χ1) is 13.4. The van der Waals surface area contributed by atoms with Gasteiger partial charge in [0.15, 0.2) is 0 Å². The Morgan fingerprint density at radius 1 is 1.07 bits per heavy atom. The number of unbranched alkanes of at least 4 members (excludes halogenated alkanes) is 1. The Balaban J connectivity index is 1.78. The minimum absolute atomic E-state index is 0.122. The van der Waals surface area contributed by atoms with Gasteiger partial charge in [-0.3, -0.25) is 4.79 Å². The number of carbonyl (C=O) groups is 1. The Kier molecular flexibility index (Phi) is 8.88. The highest BCUT2D eigenvalue weighted by Crippen LogP contribution is 2.15. The summed E-state index contributed by atoms with van der Waals surface area (Å²) < 4.78 is 26.8. The molecule has 0 aromatic heterocycles. The molecule has 158 valence electrons. The average molecular weight is 411 g/mol. The predicted molar refractivity (Wildman–Crippen MR) is 112 cm³/mol. The highest BCUT2D eigenvalue weighted by atomic mass is 32.2.